The summed E-state index contributed by atoms with van der Waals surface area (Å²) >= 11 is 0. The van der Waals surface area contributed by atoms with Crippen molar-refractivity contribution in [2.45, 2.75) is 18.4 Å². The molecule has 0 aliphatic carbocycles. The highest BCUT2D eigenvalue weighted by atomic mass is 16.5. The number of carbonyl (C=O) groups is 1. The first-order valence-electron chi connectivity index (χ1n) is 6.32. The summed E-state index contributed by atoms with van der Waals surface area (Å²) in [5.41, 5.74) is 1.97. The van der Waals surface area contributed by atoms with Gasteiger partial charge in [-0.3, -0.25) is 4.79 Å². The molecule has 3 atom stereocenters. The Kier molecular flexibility index (Phi) is 2.74. The number of carboxylic acid groups (broad SMARTS) is 1. The lowest BCUT2D eigenvalue weighted by Crippen LogP contribution is -2.51. The highest BCUT2D eigenvalue weighted by molar-refractivity contribution is 5.81. The minimum Gasteiger partial charge on any atom is -0.481 e. The molecule has 3 rings (SSSR count). The highest BCUT2D eigenvalue weighted by Gasteiger charge is 2.44. The summed E-state index contributed by atoms with van der Waals surface area (Å²) in [7, 11) is 2.06. The average Bonchev–Trinajstić information content (AvgIpc) is 2.39. The number of hydrogen-bond acceptors (Lipinski definition) is 3. The van der Waals surface area contributed by atoms with Crippen molar-refractivity contribution in [1.29, 1.82) is 0 Å². The average molecular weight is 247 g/mol. The Morgan fingerprint density at radius 3 is 3.00 bits per heavy atom. The smallest absolute Gasteiger partial charge is 0.311 e. The molecule has 96 valence electrons. The van der Waals surface area contributed by atoms with Crippen molar-refractivity contribution in [3.05, 3.63) is 29.8 Å². The summed E-state index contributed by atoms with van der Waals surface area (Å²) in [6, 6.07) is 8.09. The van der Waals surface area contributed by atoms with Crippen LogP contribution < -0.4 is 4.90 Å². The Labute approximate surface area is 106 Å². The van der Waals surface area contributed by atoms with E-state index in [-0.39, 0.29) is 12.0 Å². The van der Waals surface area contributed by atoms with Crippen LogP contribution >= 0.6 is 0 Å². The van der Waals surface area contributed by atoms with E-state index in [1.54, 1.807) is 0 Å². The second-order valence-electron chi connectivity index (χ2n) is 5.08. The fourth-order valence-electron chi connectivity index (χ4n) is 3.35. The van der Waals surface area contributed by atoms with E-state index >= 15 is 0 Å². The number of para-hydroxylation sites is 1. The van der Waals surface area contributed by atoms with Gasteiger partial charge in [0.2, 0.25) is 0 Å². The molecule has 2 heterocycles. The van der Waals surface area contributed by atoms with Gasteiger partial charge in [-0.2, -0.15) is 0 Å². The van der Waals surface area contributed by atoms with Gasteiger partial charge in [0.1, 0.15) is 0 Å². The van der Waals surface area contributed by atoms with Crippen LogP contribution in [-0.4, -0.2) is 37.4 Å². The molecule has 18 heavy (non-hydrogen) atoms. The van der Waals surface area contributed by atoms with Crippen LogP contribution in [0.15, 0.2) is 24.3 Å². The minimum absolute atomic E-state index is 0.0520. The summed E-state index contributed by atoms with van der Waals surface area (Å²) in [6.07, 6.45) is 0.902. The third-order valence-corrected chi connectivity index (χ3v) is 4.21. The fourth-order valence-corrected chi connectivity index (χ4v) is 3.35. The van der Waals surface area contributed by atoms with Crippen molar-refractivity contribution >= 4 is 11.7 Å². The number of aliphatic carboxylic acids is 1. The van der Waals surface area contributed by atoms with Crippen molar-refractivity contribution in [2.24, 2.45) is 5.92 Å². The van der Waals surface area contributed by atoms with Gasteiger partial charge in [0, 0.05) is 31.3 Å². The predicted molar refractivity (Wildman–Crippen MR) is 67.9 cm³/mol. The lowest BCUT2D eigenvalue weighted by atomic mass is 9.75. The van der Waals surface area contributed by atoms with E-state index in [9.17, 15) is 9.90 Å². The normalized spacial score (nSPS) is 30.5. The monoisotopic (exact) mass is 247 g/mol. The van der Waals surface area contributed by atoms with E-state index in [1.165, 1.54) is 0 Å². The molecular formula is C14H17NO3. The number of anilines is 1. The van der Waals surface area contributed by atoms with Gasteiger partial charge in [0.15, 0.2) is 0 Å². The van der Waals surface area contributed by atoms with Crippen LogP contribution in [0.5, 0.6) is 0 Å². The maximum Gasteiger partial charge on any atom is 0.311 e. The lowest BCUT2D eigenvalue weighted by molar-refractivity contribution is -0.142. The first kappa shape index (κ1) is 11.5. The van der Waals surface area contributed by atoms with Crippen LogP contribution in [0.2, 0.25) is 0 Å². The summed E-state index contributed by atoms with van der Waals surface area (Å²) in [5, 5.41) is 9.54. The second-order valence-corrected chi connectivity index (χ2v) is 5.08. The largest absolute Gasteiger partial charge is 0.481 e. The van der Waals surface area contributed by atoms with Gasteiger partial charge in [-0.25, -0.2) is 0 Å². The Balaban J connectivity index is 2.11. The van der Waals surface area contributed by atoms with E-state index in [1.807, 2.05) is 24.3 Å². The molecule has 1 fully saturated rings. The van der Waals surface area contributed by atoms with Crippen LogP contribution in [0.4, 0.5) is 5.69 Å². The molecule has 0 radical (unpaired) electrons. The molecule has 0 aromatic heterocycles. The first-order valence-corrected chi connectivity index (χ1v) is 6.32. The maximum atomic E-state index is 11.6. The number of hydrogen-bond donors (Lipinski definition) is 1. The van der Waals surface area contributed by atoms with Gasteiger partial charge in [0.25, 0.3) is 0 Å². The lowest BCUT2D eigenvalue weighted by Gasteiger charge is -2.46. The molecule has 2 aliphatic heterocycles. The molecule has 1 aromatic carbocycles. The van der Waals surface area contributed by atoms with E-state index in [0.717, 1.165) is 24.3 Å². The van der Waals surface area contributed by atoms with Crippen LogP contribution in [0.3, 0.4) is 0 Å². The quantitative estimate of drug-likeness (QED) is 0.820. The van der Waals surface area contributed by atoms with Crippen molar-refractivity contribution in [3.63, 3.8) is 0 Å². The predicted octanol–water partition coefficient (Wildman–Crippen LogP) is 1.71. The molecule has 2 aliphatic rings. The molecule has 4 nitrogen and oxygen atoms in total. The first-order chi connectivity index (χ1) is 8.70. The molecule has 0 saturated carbocycles. The Morgan fingerprint density at radius 2 is 2.22 bits per heavy atom. The number of carboxylic acids is 1. The molecule has 0 spiro atoms. The second kappa shape index (κ2) is 4.28. The summed E-state index contributed by atoms with van der Waals surface area (Å²) < 4.78 is 5.49. The molecule has 4 heteroatoms. The molecule has 1 saturated heterocycles. The zero-order valence-corrected chi connectivity index (χ0v) is 10.4. The Bertz CT molecular complexity index is 474. The van der Waals surface area contributed by atoms with E-state index in [0.29, 0.717) is 6.61 Å². The zero-order valence-electron chi connectivity index (χ0n) is 10.4. The molecule has 1 N–H and O–H groups in total. The SMILES string of the molecule is CN1c2ccccc2C(C(=O)O)C2COCCC21. The number of nitrogens with zero attached hydrogens (tertiary/aromatic N) is 1. The maximum absolute atomic E-state index is 11.6. The molecule has 0 amide bonds. The van der Waals surface area contributed by atoms with E-state index in [2.05, 4.69) is 11.9 Å². The van der Waals surface area contributed by atoms with Crippen molar-refractivity contribution < 1.29 is 14.6 Å². The summed E-state index contributed by atoms with van der Waals surface area (Å²) in [6.45, 7) is 1.26. The number of rotatable bonds is 1. The van der Waals surface area contributed by atoms with Gasteiger partial charge in [-0.05, 0) is 18.1 Å². The van der Waals surface area contributed by atoms with Crippen LogP contribution in [-0.2, 0) is 9.53 Å². The van der Waals surface area contributed by atoms with E-state index in [4.69, 9.17) is 4.74 Å². The molecular weight excluding hydrogens is 230 g/mol. The topological polar surface area (TPSA) is 49.8 Å². The highest BCUT2D eigenvalue weighted by Crippen LogP contribution is 2.43. The molecule has 0 bridgehead atoms. The molecule has 1 aromatic rings. The van der Waals surface area contributed by atoms with Crippen molar-refractivity contribution in [3.8, 4) is 0 Å². The van der Waals surface area contributed by atoms with Crippen LogP contribution in [0.1, 0.15) is 17.9 Å². The van der Waals surface area contributed by atoms with Gasteiger partial charge >= 0.3 is 5.97 Å². The fraction of sp³-hybridized carbons (Fsp3) is 0.500. The van der Waals surface area contributed by atoms with E-state index < -0.39 is 11.9 Å². The Morgan fingerprint density at radius 1 is 1.44 bits per heavy atom. The van der Waals surface area contributed by atoms with Crippen molar-refractivity contribution in [2.75, 3.05) is 25.2 Å². The van der Waals surface area contributed by atoms with Gasteiger partial charge < -0.3 is 14.7 Å². The third-order valence-electron chi connectivity index (χ3n) is 4.21. The van der Waals surface area contributed by atoms with Crippen LogP contribution in [0, 0.1) is 5.92 Å². The van der Waals surface area contributed by atoms with Gasteiger partial charge in [-0.1, -0.05) is 18.2 Å². The minimum atomic E-state index is -0.740. The van der Waals surface area contributed by atoms with Gasteiger partial charge in [-0.15, -0.1) is 0 Å². The Hall–Kier alpha value is -1.55. The third kappa shape index (κ3) is 1.60. The number of benzene rings is 1. The summed E-state index contributed by atoms with van der Waals surface area (Å²) in [5.74, 6) is -1.13. The standard InChI is InChI=1S/C14H17NO3/c1-15-11-5-3-2-4-9(11)13(14(16)17)10-8-18-7-6-12(10)15/h2-5,10,12-13H,6-8H2,1H3,(H,16,17). The molecule has 3 unspecified atom stereocenters. The van der Waals surface area contributed by atoms with Crippen molar-refractivity contribution in [1.82, 2.24) is 0 Å². The number of ether oxygens (including phenoxy) is 1. The van der Waals surface area contributed by atoms with Gasteiger partial charge in [0.05, 0.1) is 12.5 Å². The summed E-state index contributed by atoms with van der Waals surface area (Å²) in [4.78, 5) is 13.8. The number of fused-ring (bicyclic) bond motifs is 2. The van der Waals surface area contributed by atoms with Crippen LogP contribution in [0.25, 0.3) is 0 Å². The zero-order chi connectivity index (χ0) is 12.7.